The van der Waals surface area contributed by atoms with Gasteiger partial charge in [-0.05, 0) is 13.8 Å². The van der Waals surface area contributed by atoms with Gasteiger partial charge in [0.15, 0.2) is 0 Å². The predicted octanol–water partition coefficient (Wildman–Crippen LogP) is 1.72. The molecular weight excluding hydrogens is 162 g/mol. The largest absolute Gasteiger partial charge is 0.490 e. The number of rotatable bonds is 4. The van der Waals surface area contributed by atoms with Crippen molar-refractivity contribution in [2.75, 3.05) is 0 Å². The molecule has 53 valence electrons. The summed E-state index contributed by atoms with van der Waals surface area (Å²) in [6.45, 7) is 3.36. The van der Waals surface area contributed by atoms with Gasteiger partial charge in [0.1, 0.15) is 11.1 Å². The molecule has 0 fully saturated rings. The Morgan fingerprint density at radius 3 is 1.67 bits per heavy atom. The van der Waals surface area contributed by atoms with E-state index in [2.05, 4.69) is 9.31 Å². The highest BCUT2D eigenvalue weighted by Gasteiger charge is 2.01. The quantitative estimate of drug-likeness (QED) is 0.472. The summed E-state index contributed by atoms with van der Waals surface area (Å²) in [6.07, 6.45) is 0. The monoisotopic (exact) mass is 169 g/mol. The van der Waals surface area contributed by atoms with Crippen LogP contribution in [0.15, 0.2) is 0 Å². The van der Waals surface area contributed by atoms with Crippen LogP contribution in [-0.2, 0) is 9.31 Å². The highest BCUT2D eigenvalue weighted by molar-refractivity contribution is 6.26. The summed E-state index contributed by atoms with van der Waals surface area (Å²) in [5, 5.41) is 0. The highest BCUT2D eigenvalue weighted by atomic mass is 35.5. The van der Waals surface area contributed by atoms with Crippen LogP contribution in [-0.4, -0.2) is 18.8 Å². The minimum absolute atomic E-state index is 0.375. The summed E-state index contributed by atoms with van der Waals surface area (Å²) in [5.41, 5.74) is -0.749. The zero-order valence-electron chi connectivity index (χ0n) is 5.30. The third-order valence-electron chi connectivity index (χ3n) is 0.486. The first-order valence-electron chi connectivity index (χ1n) is 2.53. The molecule has 0 N–H and O–H groups in total. The lowest BCUT2D eigenvalue weighted by Crippen LogP contribution is -2.12. The topological polar surface area (TPSA) is 18.5 Å². The maximum absolute atomic E-state index is 5.38. The van der Waals surface area contributed by atoms with Gasteiger partial charge >= 0.3 is 7.69 Å². The fourth-order valence-corrected chi connectivity index (χ4v) is 0.269. The molecule has 5 heteroatoms. The standard InChI is InChI=1S/C4H8BCl2O2/c1-3(6)8-5-9-4(2)7/h3-4H,1-2H3. The number of hydrogen-bond acceptors (Lipinski definition) is 2. The Morgan fingerprint density at radius 2 is 1.44 bits per heavy atom. The molecule has 0 spiro atoms. The minimum Gasteiger partial charge on any atom is -0.397 e. The smallest absolute Gasteiger partial charge is 0.397 e. The zero-order valence-corrected chi connectivity index (χ0v) is 6.82. The molecule has 0 amide bonds. The predicted molar refractivity (Wildman–Crippen MR) is 38.6 cm³/mol. The fourth-order valence-electron chi connectivity index (χ4n) is 0.185. The van der Waals surface area contributed by atoms with Gasteiger partial charge in [0, 0.05) is 0 Å². The van der Waals surface area contributed by atoms with Crippen LogP contribution in [0.3, 0.4) is 0 Å². The van der Waals surface area contributed by atoms with Crippen molar-refractivity contribution >= 4 is 30.9 Å². The van der Waals surface area contributed by atoms with Crippen molar-refractivity contribution in [3.63, 3.8) is 0 Å². The summed E-state index contributed by atoms with van der Waals surface area (Å²) in [6, 6.07) is 0. The van der Waals surface area contributed by atoms with E-state index in [0.717, 1.165) is 7.69 Å². The first-order valence-corrected chi connectivity index (χ1v) is 3.41. The Balaban J connectivity index is 2.91. The second-order valence-electron chi connectivity index (χ2n) is 1.45. The van der Waals surface area contributed by atoms with Crippen LogP contribution in [0, 0.1) is 0 Å². The molecule has 0 saturated carbocycles. The summed E-state index contributed by atoms with van der Waals surface area (Å²) >= 11 is 10.8. The fraction of sp³-hybridized carbons (Fsp3) is 1.00. The summed E-state index contributed by atoms with van der Waals surface area (Å²) in [5.74, 6) is 0. The van der Waals surface area contributed by atoms with E-state index in [9.17, 15) is 0 Å². The van der Waals surface area contributed by atoms with Crippen molar-refractivity contribution in [2.24, 2.45) is 0 Å². The van der Waals surface area contributed by atoms with Crippen LogP contribution in [0.4, 0.5) is 0 Å². The van der Waals surface area contributed by atoms with E-state index in [1.165, 1.54) is 0 Å². The van der Waals surface area contributed by atoms with Crippen molar-refractivity contribution in [3.8, 4) is 0 Å². The third kappa shape index (κ3) is 8.56. The molecule has 0 aromatic heterocycles. The average Bonchev–Trinajstić information content (AvgIpc) is 1.63. The van der Waals surface area contributed by atoms with Gasteiger partial charge in [-0.25, -0.2) is 0 Å². The van der Waals surface area contributed by atoms with Crippen LogP contribution in [0.5, 0.6) is 0 Å². The zero-order chi connectivity index (χ0) is 7.28. The van der Waals surface area contributed by atoms with Gasteiger partial charge in [0.05, 0.1) is 0 Å². The van der Waals surface area contributed by atoms with E-state index in [4.69, 9.17) is 23.2 Å². The number of halogens is 2. The average molecular weight is 170 g/mol. The van der Waals surface area contributed by atoms with E-state index in [1.54, 1.807) is 13.8 Å². The molecular formula is C4H8BCl2O2. The molecule has 2 nitrogen and oxygen atoms in total. The van der Waals surface area contributed by atoms with E-state index >= 15 is 0 Å². The molecule has 0 aromatic carbocycles. The Hall–Kier alpha value is 0.565. The maximum Gasteiger partial charge on any atom is 0.490 e. The summed E-state index contributed by atoms with van der Waals surface area (Å²) < 4.78 is 9.37. The minimum atomic E-state index is -0.375. The van der Waals surface area contributed by atoms with E-state index in [-0.39, 0.29) is 11.1 Å². The first-order chi connectivity index (χ1) is 4.13. The van der Waals surface area contributed by atoms with Crippen LogP contribution in [0.2, 0.25) is 0 Å². The molecule has 1 radical (unpaired) electrons. The number of hydrogen-bond donors (Lipinski definition) is 0. The van der Waals surface area contributed by atoms with Crippen LogP contribution >= 0.6 is 23.2 Å². The number of alkyl halides is 2. The lowest BCUT2D eigenvalue weighted by Gasteiger charge is -2.05. The lowest BCUT2D eigenvalue weighted by molar-refractivity contribution is 0.204. The van der Waals surface area contributed by atoms with Crippen molar-refractivity contribution < 1.29 is 9.31 Å². The normalized spacial score (nSPS) is 16.9. The highest BCUT2D eigenvalue weighted by Crippen LogP contribution is 1.97. The molecule has 0 aliphatic rings. The molecule has 0 aliphatic heterocycles. The molecule has 2 unspecified atom stereocenters. The van der Waals surface area contributed by atoms with E-state index in [0.29, 0.717) is 0 Å². The van der Waals surface area contributed by atoms with Crippen LogP contribution < -0.4 is 0 Å². The summed E-state index contributed by atoms with van der Waals surface area (Å²) in [7, 11) is 1.13. The van der Waals surface area contributed by atoms with Crippen molar-refractivity contribution in [1.29, 1.82) is 0 Å². The van der Waals surface area contributed by atoms with E-state index in [1.807, 2.05) is 0 Å². The molecule has 2 atom stereocenters. The molecule has 9 heavy (non-hydrogen) atoms. The Labute approximate surface area is 65.7 Å². The van der Waals surface area contributed by atoms with Gasteiger partial charge < -0.3 is 9.31 Å². The van der Waals surface area contributed by atoms with Gasteiger partial charge in [-0.3, -0.25) is 0 Å². The van der Waals surface area contributed by atoms with Crippen molar-refractivity contribution in [3.05, 3.63) is 0 Å². The van der Waals surface area contributed by atoms with Gasteiger partial charge in [-0.15, -0.1) is 0 Å². The third-order valence-corrected chi connectivity index (χ3v) is 0.692. The lowest BCUT2D eigenvalue weighted by atomic mass is 10.4. The molecule has 0 aromatic rings. The SMILES string of the molecule is CC(Cl)O[B]OC(C)Cl. The molecule has 0 saturated heterocycles. The Morgan fingerprint density at radius 1 is 1.11 bits per heavy atom. The maximum atomic E-state index is 5.38. The van der Waals surface area contributed by atoms with Crippen LogP contribution in [0.1, 0.15) is 13.8 Å². The Kier molecular flexibility index (Phi) is 5.69. The van der Waals surface area contributed by atoms with Gasteiger partial charge in [0.25, 0.3) is 0 Å². The Bertz CT molecular complexity index is 61.6. The van der Waals surface area contributed by atoms with Gasteiger partial charge in [-0.2, -0.15) is 0 Å². The summed E-state index contributed by atoms with van der Waals surface area (Å²) in [4.78, 5) is 0. The van der Waals surface area contributed by atoms with Crippen LogP contribution in [0.25, 0.3) is 0 Å². The van der Waals surface area contributed by atoms with Gasteiger partial charge in [-0.1, -0.05) is 23.2 Å². The second-order valence-corrected chi connectivity index (χ2v) is 2.68. The first kappa shape index (κ1) is 9.56. The van der Waals surface area contributed by atoms with Gasteiger partial charge in [0.2, 0.25) is 0 Å². The molecule has 0 heterocycles. The molecule has 0 aliphatic carbocycles. The van der Waals surface area contributed by atoms with Crippen molar-refractivity contribution in [1.82, 2.24) is 0 Å². The van der Waals surface area contributed by atoms with Crippen molar-refractivity contribution in [2.45, 2.75) is 25.0 Å². The molecule has 0 rings (SSSR count). The second kappa shape index (κ2) is 5.36. The van der Waals surface area contributed by atoms with E-state index < -0.39 is 0 Å². The molecule has 0 bridgehead atoms.